The normalized spacial score (nSPS) is 23.9. The molecular formula is C24H28N2O3. The summed E-state index contributed by atoms with van der Waals surface area (Å²) in [5.74, 6) is -1.26. The predicted molar refractivity (Wildman–Crippen MR) is 111 cm³/mol. The minimum atomic E-state index is -0.808. The fourth-order valence-corrected chi connectivity index (χ4v) is 4.84. The molecule has 0 unspecified atom stereocenters. The van der Waals surface area contributed by atoms with E-state index in [1.807, 2.05) is 41.3 Å². The smallest absolute Gasteiger partial charge is 0.308 e. The van der Waals surface area contributed by atoms with Crippen molar-refractivity contribution in [3.8, 4) is 0 Å². The number of hydrogen-bond acceptors (Lipinski definition) is 3. The van der Waals surface area contributed by atoms with Gasteiger partial charge in [0.25, 0.3) is 0 Å². The lowest BCUT2D eigenvalue weighted by molar-refractivity contribution is -0.155. The van der Waals surface area contributed by atoms with Crippen LogP contribution in [0.15, 0.2) is 60.7 Å². The van der Waals surface area contributed by atoms with Crippen molar-refractivity contribution in [3.63, 3.8) is 0 Å². The SMILES string of the molecule is O=C(O)[C@@H]1CCC(=O)N(C2CCN(Cc3ccccc3)CC2)[C@H]1c1ccccc1. The maximum Gasteiger partial charge on any atom is 0.308 e. The van der Waals surface area contributed by atoms with Crippen LogP contribution in [0.4, 0.5) is 0 Å². The van der Waals surface area contributed by atoms with Gasteiger partial charge in [-0.15, -0.1) is 0 Å². The molecule has 5 heteroatoms. The highest BCUT2D eigenvalue weighted by atomic mass is 16.4. The molecular weight excluding hydrogens is 364 g/mol. The number of aliphatic carboxylic acids is 1. The fourth-order valence-electron chi connectivity index (χ4n) is 4.84. The van der Waals surface area contributed by atoms with Crippen LogP contribution in [0.2, 0.25) is 0 Å². The molecule has 0 spiro atoms. The molecule has 2 fully saturated rings. The van der Waals surface area contributed by atoms with Gasteiger partial charge < -0.3 is 10.0 Å². The van der Waals surface area contributed by atoms with Crippen LogP contribution in [0.25, 0.3) is 0 Å². The van der Waals surface area contributed by atoms with E-state index in [1.165, 1.54) is 5.56 Å². The van der Waals surface area contributed by atoms with E-state index in [0.29, 0.717) is 12.8 Å². The van der Waals surface area contributed by atoms with Crippen molar-refractivity contribution in [1.82, 2.24) is 9.80 Å². The minimum absolute atomic E-state index is 0.0952. The zero-order chi connectivity index (χ0) is 20.2. The van der Waals surface area contributed by atoms with E-state index < -0.39 is 11.9 Å². The van der Waals surface area contributed by atoms with Crippen molar-refractivity contribution in [1.29, 1.82) is 0 Å². The molecule has 0 saturated carbocycles. The number of carbonyl (C=O) groups excluding carboxylic acids is 1. The Bertz CT molecular complexity index is 832. The summed E-state index contributed by atoms with van der Waals surface area (Å²) in [6.45, 7) is 2.76. The van der Waals surface area contributed by atoms with E-state index in [9.17, 15) is 14.7 Å². The van der Waals surface area contributed by atoms with Gasteiger partial charge in [0, 0.05) is 32.1 Å². The molecule has 1 N–H and O–H groups in total. The van der Waals surface area contributed by atoms with Gasteiger partial charge >= 0.3 is 5.97 Å². The van der Waals surface area contributed by atoms with Crippen LogP contribution in [0.1, 0.15) is 42.9 Å². The lowest BCUT2D eigenvalue weighted by Crippen LogP contribution is -2.53. The molecule has 5 nitrogen and oxygen atoms in total. The second-order valence-electron chi connectivity index (χ2n) is 8.13. The summed E-state index contributed by atoms with van der Waals surface area (Å²) in [7, 11) is 0. The first kappa shape index (κ1) is 19.6. The summed E-state index contributed by atoms with van der Waals surface area (Å²) in [5.41, 5.74) is 2.23. The number of carboxylic acids is 1. The first-order valence-electron chi connectivity index (χ1n) is 10.5. The molecule has 152 valence electrons. The number of nitrogens with zero attached hydrogens (tertiary/aromatic N) is 2. The second-order valence-corrected chi connectivity index (χ2v) is 8.13. The average Bonchev–Trinajstić information content (AvgIpc) is 2.75. The molecule has 0 aliphatic carbocycles. The maximum absolute atomic E-state index is 12.9. The van der Waals surface area contributed by atoms with E-state index in [1.54, 1.807) is 0 Å². The third-order valence-corrected chi connectivity index (χ3v) is 6.30. The number of amides is 1. The molecule has 0 aromatic heterocycles. The highest BCUT2D eigenvalue weighted by molar-refractivity contribution is 5.82. The largest absolute Gasteiger partial charge is 0.481 e. The maximum atomic E-state index is 12.9. The molecule has 29 heavy (non-hydrogen) atoms. The van der Waals surface area contributed by atoms with Gasteiger partial charge in [0.1, 0.15) is 0 Å². The molecule has 2 saturated heterocycles. The molecule has 2 atom stereocenters. The van der Waals surface area contributed by atoms with Crippen LogP contribution in [-0.2, 0) is 16.1 Å². The van der Waals surface area contributed by atoms with Gasteiger partial charge in [-0.05, 0) is 30.4 Å². The quantitative estimate of drug-likeness (QED) is 0.843. The third kappa shape index (κ3) is 4.35. The Hall–Kier alpha value is -2.66. The number of hydrogen-bond donors (Lipinski definition) is 1. The van der Waals surface area contributed by atoms with E-state index >= 15 is 0 Å². The van der Waals surface area contributed by atoms with Crippen LogP contribution >= 0.6 is 0 Å². The molecule has 2 aliphatic heterocycles. The summed E-state index contributed by atoms with van der Waals surface area (Å²) in [6, 6.07) is 19.8. The van der Waals surface area contributed by atoms with Crippen LogP contribution in [-0.4, -0.2) is 45.9 Å². The zero-order valence-corrected chi connectivity index (χ0v) is 16.6. The Morgan fingerprint density at radius 2 is 1.55 bits per heavy atom. The second kappa shape index (κ2) is 8.78. The van der Waals surface area contributed by atoms with E-state index in [2.05, 4.69) is 29.2 Å². The number of rotatable bonds is 5. The Morgan fingerprint density at radius 3 is 2.17 bits per heavy atom. The van der Waals surface area contributed by atoms with Gasteiger partial charge in [-0.3, -0.25) is 14.5 Å². The summed E-state index contributed by atoms with van der Waals surface area (Å²) in [4.78, 5) is 29.3. The molecule has 2 aliphatic rings. The Morgan fingerprint density at radius 1 is 0.931 bits per heavy atom. The predicted octanol–water partition coefficient (Wildman–Crippen LogP) is 3.72. The van der Waals surface area contributed by atoms with E-state index in [4.69, 9.17) is 0 Å². The highest BCUT2D eigenvalue weighted by Gasteiger charge is 2.44. The van der Waals surface area contributed by atoms with Gasteiger partial charge in [-0.1, -0.05) is 60.7 Å². The lowest BCUT2D eigenvalue weighted by Gasteiger charge is -2.47. The molecule has 0 bridgehead atoms. The number of benzene rings is 2. The number of carbonyl (C=O) groups is 2. The van der Waals surface area contributed by atoms with Crippen molar-refractivity contribution < 1.29 is 14.7 Å². The first-order valence-corrected chi connectivity index (χ1v) is 10.5. The number of likely N-dealkylation sites (tertiary alicyclic amines) is 2. The van der Waals surface area contributed by atoms with Gasteiger partial charge in [-0.2, -0.15) is 0 Å². The van der Waals surface area contributed by atoms with Crippen molar-refractivity contribution in [2.24, 2.45) is 5.92 Å². The number of carboxylic acid groups (broad SMARTS) is 1. The Kier molecular flexibility index (Phi) is 5.95. The van der Waals surface area contributed by atoms with Crippen LogP contribution < -0.4 is 0 Å². The standard InChI is InChI=1S/C24H28N2O3/c27-22-12-11-21(24(28)29)23(19-9-5-2-6-10-19)26(22)20-13-15-25(16-14-20)17-18-7-3-1-4-8-18/h1-10,20-21,23H,11-17H2,(H,28,29)/t21-,23+/m1/s1. The van der Waals surface area contributed by atoms with Gasteiger partial charge in [0.05, 0.1) is 12.0 Å². The highest BCUT2D eigenvalue weighted by Crippen LogP contribution is 2.40. The first-order chi connectivity index (χ1) is 14.1. The molecule has 4 rings (SSSR count). The van der Waals surface area contributed by atoms with Gasteiger partial charge in [0.15, 0.2) is 0 Å². The van der Waals surface area contributed by atoms with Crippen molar-refractivity contribution in [2.45, 2.75) is 44.3 Å². The monoisotopic (exact) mass is 392 g/mol. The summed E-state index contributed by atoms with van der Waals surface area (Å²) in [5, 5.41) is 9.83. The zero-order valence-electron chi connectivity index (χ0n) is 16.6. The van der Waals surface area contributed by atoms with Crippen molar-refractivity contribution >= 4 is 11.9 Å². The summed E-state index contributed by atoms with van der Waals surface area (Å²) >= 11 is 0. The van der Waals surface area contributed by atoms with Crippen LogP contribution in [0.5, 0.6) is 0 Å². The third-order valence-electron chi connectivity index (χ3n) is 6.30. The topological polar surface area (TPSA) is 60.9 Å². The molecule has 2 aromatic rings. The summed E-state index contributed by atoms with van der Waals surface area (Å²) in [6.07, 6.45) is 2.50. The van der Waals surface area contributed by atoms with Gasteiger partial charge in [-0.25, -0.2) is 0 Å². The van der Waals surface area contributed by atoms with Crippen molar-refractivity contribution in [2.75, 3.05) is 13.1 Å². The van der Waals surface area contributed by atoms with Crippen LogP contribution in [0.3, 0.4) is 0 Å². The van der Waals surface area contributed by atoms with Crippen LogP contribution in [0, 0.1) is 5.92 Å². The molecule has 2 heterocycles. The Labute approximate surface area is 171 Å². The average molecular weight is 392 g/mol. The fraction of sp³-hybridized carbons (Fsp3) is 0.417. The Balaban J connectivity index is 1.51. The lowest BCUT2D eigenvalue weighted by atomic mass is 9.82. The molecule has 0 radical (unpaired) electrons. The molecule has 1 amide bonds. The van der Waals surface area contributed by atoms with Gasteiger partial charge in [0.2, 0.25) is 5.91 Å². The molecule has 2 aromatic carbocycles. The summed E-state index contributed by atoms with van der Waals surface area (Å²) < 4.78 is 0. The van der Waals surface area contributed by atoms with E-state index in [0.717, 1.165) is 38.0 Å². The minimum Gasteiger partial charge on any atom is -0.481 e. The van der Waals surface area contributed by atoms with Crippen molar-refractivity contribution in [3.05, 3.63) is 71.8 Å². The van der Waals surface area contributed by atoms with E-state index in [-0.39, 0.29) is 18.0 Å². The number of piperidine rings is 2.